The number of hydrogen-bond acceptors (Lipinski definition) is 3. The van der Waals surface area contributed by atoms with Crippen molar-refractivity contribution < 1.29 is 18.7 Å². The van der Waals surface area contributed by atoms with E-state index in [0.29, 0.717) is 25.1 Å². The zero-order chi connectivity index (χ0) is 18.0. The molecule has 25 heavy (non-hydrogen) atoms. The highest BCUT2D eigenvalue weighted by atomic mass is 19.1. The Labute approximate surface area is 147 Å². The van der Waals surface area contributed by atoms with E-state index in [2.05, 4.69) is 4.90 Å². The van der Waals surface area contributed by atoms with E-state index in [4.69, 9.17) is 0 Å². The maximum absolute atomic E-state index is 13.4. The average Bonchev–Trinajstić information content (AvgIpc) is 2.84. The Morgan fingerprint density at radius 2 is 1.84 bits per heavy atom. The first kappa shape index (κ1) is 18.3. The number of β-amino-alcohol motifs (C(OH)–C–C–N with tert-alkyl or cyclic N) is 1. The van der Waals surface area contributed by atoms with Gasteiger partial charge in [0.2, 0.25) is 5.91 Å². The minimum atomic E-state index is -0.612. The van der Waals surface area contributed by atoms with Gasteiger partial charge in [-0.1, -0.05) is 6.92 Å². The Balaban J connectivity index is 1.59. The zero-order valence-electron chi connectivity index (χ0n) is 14.7. The van der Waals surface area contributed by atoms with Crippen molar-refractivity contribution in [3.05, 3.63) is 35.4 Å². The summed E-state index contributed by atoms with van der Waals surface area (Å²) in [5.41, 5.74) is 0.461. The van der Waals surface area contributed by atoms with Crippen LogP contribution in [0.4, 0.5) is 8.78 Å². The molecule has 6 heteroatoms. The monoisotopic (exact) mass is 352 g/mol. The molecule has 2 saturated heterocycles. The third-order valence-corrected chi connectivity index (χ3v) is 5.56. The van der Waals surface area contributed by atoms with E-state index in [-0.39, 0.29) is 24.0 Å². The average molecular weight is 352 g/mol. The van der Waals surface area contributed by atoms with Crippen LogP contribution in [0.3, 0.4) is 0 Å². The van der Waals surface area contributed by atoms with E-state index in [0.717, 1.165) is 38.4 Å². The van der Waals surface area contributed by atoms with Gasteiger partial charge in [-0.15, -0.1) is 0 Å². The maximum Gasteiger partial charge on any atom is 0.223 e. The molecule has 0 radical (unpaired) electrons. The van der Waals surface area contributed by atoms with Crippen LogP contribution in [0, 0.1) is 17.0 Å². The summed E-state index contributed by atoms with van der Waals surface area (Å²) < 4.78 is 26.7. The number of benzene rings is 1. The van der Waals surface area contributed by atoms with Crippen molar-refractivity contribution in [2.24, 2.45) is 5.41 Å². The molecule has 1 unspecified atom stereocenters. The zero-order valence-corrected chi connectivity index (χ0v) is 14.7. The molecule has 0 saturated carbocycles. The molecular formula is C19H26F2N2O2. The second-order valence-corrected chi connectivity index (χ2v) is 7.57. The van der Waals surface area contributed by atoms with Gasteiger partial charge < -0.3 is 14.9 Å². The number of carbonyl (C=O) groups excluding carboxylic acids is 1. The summed E-state index contributed by atoms with van der Waals surface area (Å²) >= 11 is 0. The third kappa shape index (κ3) is 4.36. The Hall–Kier alpha value is -1.53. The van der Waals surface area contributed by atoms with Gasteiger partial charge in [0.05, 0.1) is 6.10 Å². The summed E-state index contributed by atoms with van der Waals surface area (Å²) in [6.07, 6.45) is 2.80. The predicted octanol–water partition coefficient (Wildman–Crippen LogP) is 2.55. The van der Waals surface area contributed by atoms with Crippen LogP contribution in [0.2, 0.25) is 0 Å². The van der Waals surface area contributed by atoms with Gasteiger partial charge in [-0.2, -0.15) is 0 Å². The molecule has 3 rings (SSSR count). The Kier molecular flexibility index (Phi) is 5.39. The van der Waals surface area contributed by atoms with E-state index in [9.17, 15) is 18.7 Å². The lowest BCUT2D eigenvalue weighted by atomic mass is 9.77. The van der Waals surface area contributed by atoms with E-state index >= 15 is 0 Å². The van der Waals surface area contributed by atoms with Crippen LogP contribution in [0.5, 0.6) is 0 Å². The molecule has 0 bridgehead atoms. The summed E-state index contributed by atoms with van der Waals surface area (Å²) in [5.74, 6) is -1.16. The summed E-state index contributed by atoms with van der Waals surface area (Å²) in [6, 6.07) is 3.42. The van der Waals surface area contributed by atoms with Gasteiger partial charge in [0.15, 0.2) is 0 Å². The molecule has 0 aliphatic carbocycles. The van der Waals surface area contributed by atoms with E-state index < -0.39 is 11.6 Å². The van der Waals surface area contributed by atoms with Gasteiger partial charge in [-0.05, 0) is 55.5 Å². The molecule has 1 spiro atoms. The van der Waals surface area contributed by atoms with Gasteiger partial charge in [-0.3, -0.25) is 4.79 Å². The normalized spacial score (nSPS) is 21.9. The minimum absolute atomic E-state index is 0.0311. The highest BCUT2D eigenvalue weighted by Gasteiger charge is 2.44. The highest BCUT2D eigenvalue weighted by molar-refractivity contribution is 5.79. The lowest BCUT2D eigenvalue weighted by molar-refractivity contribution is -0.128. The summed E-state index contributed by atoms with van der Waals surface area (Å²) in [5, 5.41) is 9.79. The standard InChI is InChI=1S/C19H26F2N2O2/c1-2-17(24)12-22-5-3-19(4-6-22)10-18(25)23(13-19)11-14-7-15(20)9-16(21)8-14/h7-9,17,24H,2-6,10-13H2,1H3. The number of halogens is 2. The van der Waals surface area contributed by atoms with Crippen LogP contribution < -0.4 is 0 Å². The van der Waals surface area contributed by atoms with Crippen molar-refractivity contribution in [1.82, 2.24) is 9.80 Å². The number of hydrogen-bond donors (Lipinski definition) is 1. The molecule has 1 N–H and O–H groups in total. The number of nitrogens with zero attached hydrogens (tertiary/aromatic N) is 2. The Morgan fingerprint density at radius 1 is 1.20 bits per heavy atom. The quantitative estimate of drug-likeness (QED) is 0.886. The molecule has 2 fully saturated rings. The van der Waals surface area contributed by atoms with Crippen LogP contribution in [0.15, 0.2) is 18.2 Å². The van der Waals surface area contributed by atoms with Crippen molar-refractivity contribution in [3.8, 4) is 0 Å². The highest BCUT2D eigenvalue weighted by Crippen LogP contribution is 2.41. The molecule has 2 heterocycles. The van der Waals surface area contributed by atoms with Gasteiger partial charge in [0.25, 0.3) is 0 Å². The molecule has 1 aromatic carbocycles. The van der Waals surface area contributed by atoms with Gasteiger partial charge in [0.1, 0.15) is 11.6 Å². The lowest BCUT2D eigenvalue weighted by Gasteiger charge is -2.39. The van der Waals surface area contributed by atoms with E-state index in [1.54, 1.807) is 4.90 Å². The van der Waals surface area contributed by atoms with Gasteiger partial charge in [0, 0.05) is 32.1 Å². The molecule has 0 aromatic heterocycles. The number of likely N-dealkylation sites (tertiary alicyclic amines) is 2. The first-order valence-corrected chi connectivity index (χ1v) is 9.02. The molecule has 1 aromatic rings. The Bertz CT molecular complexity index is 610. The molecule has 1 amide bonds. The lowest BCUT2D eigenvalue weighted by Crippen LogP contribution is -2.44. The minimum Gasteiger partial charge on any atom is -0.392 e. The molecule has 138 valence electrons. The van der Waals surface area contributed by atoms with Crippen LogP contribution in [-0.4, -0.2) is 53.1 Å². The number of aliphatic hydroxyl groups is 1. The first-order valence-electron chi connectivity index (χ1n) is 9.02. The topological polar surface area (TPSA) is 43.8 Å². The van der Waals surface area contributed by atoms with Crippen molar-refractivity contribution in [2.75, 3.05) is 26.2 Å². The fraction of sp³-hybridized carbons (Fsp3) is 0.632. The van der Waals surface area contributed by atoms with Crippen LogP contribution in [0.25, 0.3) is 0 Å². The molecule has 2 aliphatic heterocycles. The molecular weight excluding hydrogens is 326 g/mol. The summed E-state index contributed by atoms with van der Waals surface area (Å²) in [6.45, 7) is 5.33. The largest absolute Gasteiger partial charge is 0.392 e. The van der Waals surface area contributed by atoms with Crippen LogP contribution in [-0.2, 0) is 11.3 Å². The summed E-state index contributed by atoms with van der Waals surface area (Å²) in [4.78, 5) is 16.4. The molecule has 4 nitrogen and oxygen atoms in total. The number of carbonyl (C=O) groups is 1. The SMILES string of the molecule is CCC(O)CN1CCC2(CC1)CC(=O)N(Cc1cc(F)cc(F)c1)C2. The molecule has 2 aliphatic rings. The van der Waals surface area contributed by atoms with Gasteiger partial charge >= 0.3 is 0 Å². The smallest absolute Gasteiger partial charge is 0.223 e. The van der Waals surface area contributed by atoms with Crippen molar-refractivity contribution >= 4 is 5.91 Å². The van der Waals surface area contributed by atoms with Crippen molar-refractivity contribution in [2.45, 2.75) is 45.3 Å². The third-order valence-electron chi connectivity index (χ3n) is 5.56. The molecule has 1 atom stereocenters. The fourth-order valence-corrected chi connectivity index (χ4v) is 4.02. The fourth-order valence-electron chi connectivity index (χ4n) is 4.02. The second kappa shape index (κ2) is 7.38. The maximum atomic E-state index is 13.4. The van der Waals surface area contributed by atoms with Crippen molar-refractivity contribution in [1.29, 1.82) is 0 Å². The van der Waals surface area contributed by atoms with Crippen LogP contribution in [0.1, 0.15) is 38.2 Å². The number of piperidine rings is 1. The predicted molar refractivity (Wildman–Crippen MR) is 90.8 cm³/mol. The van der Waals surface area contributed by atoms with E-state index in [1.807, 2.05) is 6.92 Å². The number of rotatable bonds is 5. The summed E-state index contributed by atoms with van der Waals surface area (Å²) in [7, 11) is 0. The van der Waals surface area contributed by atoms with Crippen LogP contribution >= 0.6 is 0 Å². The number of aliphatic hydroxyl groups excluding tert-OH is 1. The number of amides is 1. The first-order chi connectivity index (χ1) is 11.9. The van der Waals surface area contributed by atoms with E-state index in [1.165, 1.54) is 12.1 Å². The second-order valence-electron chi connectivity index (χ2n) is 7.57. The Morgan fingerprint density at radius 3 is 2.44 bits per heavy atom. The van der Waals surface area contributed by atoms with Crippen molar-refractivity contribution in [3.63, 3.8) is 0 Å². The van der Waals surface area contributed by atoms with Gasteiger partial charge in [-0.25, -0.2) is 8.78 Å².